The van der Waals surface area contributed by atoms with Crippen LogP contribution in [0.2, 0.25) is 10.0 Å². The molecular formula is C16H23Cl2N3O3S. The molecule has 1 aromatic rings. The lowest BCUT2D eigenvalue weighted by molar-refractivity contribution is -0.122. The van der Waals surface area contributed by atoms with Gasteiger partial charge < -0.3 is 5.32 Å². The van der Waals surface area contributed by atoms with E-state index in [1.54, 1.807) is 12.1 Å². The largest absolute Gasteiger partial charge is 0.355 e. The molecule has 0 saturated carbocycles. The summed E-state index contributed by atoms with van der Waals surface area (Å²) >= 11 is 12.0. The van der Waals surface area contributed by atoms with Gasteiger partial charge in [-0.3, -0.25) is 9.69 Å². The van der Waals surface area contributed by atoms with Crippen molar-refractivity contribution in [3.8, 4) is 0 Å². The molecule has 1 N–H and O–H groups in total. The van der Waals surface area contributed by atoms with Gasteiger partial charge in [0.2, 0.25) is 15.9 Å². The SMILES string of the molecule is CCCCNC(=O)CN1CCN(S(=O)(=O)c2cccc(Cl)c2Cl)CC1. The van der Waals surface area contributed by atoms with Gasteiger partial charge >= 0.3 is 0 Å². The zero-order valence-electron chi connectivity index (χ0n) is 14.2. The van der Waals surface area contributed by atoms with Crippen LogP contribution in [0.5, 0.6) is 0 Å². The Morgan fingerprint density at radius 1 is 1.20 bits per heavy atom. The van der Waals surface area contributed by atoms with E-state index in [0.717, 1.165) is 12.8 Å². The number of halogens is 2. The summed E-state index contributed by atoms with van der Waals surface area (Å²) in [6.07, 6.45) is 1.99. The van der Waals surface area contributed by atoms with Crippen molar-refractivity contribution < 1.29 is 13.2 Å². The van der Waals surface area contributed by atoms with Gasteiger partial charge in [-0.15, -0.1) is 0 Å². The Hall–Kier alpha value is -0.860. The molecule has 0 atom stereocenters. The molecule has 0 bridgehead atoms. The molecule has 0 radical (unpaired) electrons. The lowest BCUT2D eigenvalue weighted by atomic mass is 10.3. The Bertz CT molecular complexity index is 705. The Balaban J connectivity index is 1.93. The Labute approximate surface area is 159 Å². The molecule has 2 rings (SSSR count). The highest BCUT2D eigenvalue weighted by atomic mass is 35.5. The summed E-state index contributed by atoms with van der Waals surface area (Å²) in [5, 5.41) is 3.12. The van der Waals surface area contributed by atoms with Crippen molar-refractivity contribution in [2.24, 2.45) is 0 Å². The molecular weight excluding hydrogens is 385 g/mol. The molecule has 140 valence electrons. The van der Waals surface area contributed by atoms with Gasteiger partial charge in [0, 0.05) is 32.7 Å². The van der Waals surface area contributed by atoms with E-state index in [1.807, 2.05) is 4.90 Å². The zero-order valence-corrected chi connectivity index (χ0v) is 16.5. The third-order valence-electron chi connectivity index (χ3n) is 4.08. The van der Waals surface area contributed by atoms with Crippen molar-refractivity contribution >= 4 is 39.1 Å². The first-order chi connectivity index (χ1) is 11.9. The highest BCUT2D eigenvalue weighted by Crippen LogP contribution is 2.31. The normalized spacial score (nSPS) is 16.8. The number of nitrogens with one attached hydrogen (secondary N) is 1. The lowest BCUT2D eigenvalue weighted by Gasteiger charge is -2.33. The third-order valence-corrected chi connectivity index (χ3v) is 6.96. The molecule has 0 aliphatic carbocycles. The molecule has 0 spiro atoms. The minimum atomic E-state index is -3.69. The smallest absolute Gasteiger partial charge is 0.244 e. The molecule has 0 unspecified atom stereocenters. The van der Waals surface area contributed by atoms with E-state index in [0.29, 0.717) is 32.7 Å². The topological polar surface area (TPSA) is 69.7 Å². The predicted molar refractivity (Wildman–Crippen MR) is 99.6 cm³/mol. The Morgan fingerprint density at radius 2 is 1.88 bits per heavy atom. The van der Waals surface area contributed by atoms with E-state index in [4.69, 9.17) is 23.2 Å². The van der Waals surface area contributed by atoms with Gasteiger partial charge in [0.1, 0.15) is 4.90 Å². The number of carbonyl (C=O) groups is 1. The molecule has 6 nitrogen and oxygen atoms in total. The number of sulfonamides is 1. The first-order valence-electron chi connectivity index (χ1n) is 8.29. The summed E-state index contributed by atoms with van der Waals surface area (Å²) in [6, 6.07) is 4.58. The molecule has 1 fully saturated rings. The number of unbranched alkanes of at least 4 members (excludes halogenated alkanes) is 1. The van der Waals surface area contributed by atoms with E-state index >= 15 is 0 Å². The second kappa shape index (κ2) is 9.19. The molecule has 1 aliphatic heterocycles. The predicted octanol–water partition coefficient (Wildman–Crippen LogP) is 2.22. The Kier molecular flexibility index (Phi) is 7.51. The number of piperazine rings is 1. The highest BCUT2D eigenvalue weighted by molar-refractivity contribution is 7.89. The van der Waals surface area contributed by atoms with Crippen LogP contribution in [-0.2, 0) is 14.8 Å². The van der Waals surface area contributed by atoms with Crippen molar-refractivity contribution in [1.29, 1.82) is 0 Å². The van der Waals surface area contributed by atoms with Gasteiger partial charge in [0.15, 0.2) is 0 Å². The first-order valence-corrected chi connectivity index (χ1v) is 10.5. The molecule has 1 aromatic carbocycles. The van der Waals surface area contributed by atoms with Crippen molar-refractivity contribution in [3.63, 3.8) is 0 Å². The quantitative estimate of drug-likeness (QED) is 0.703. The van der Waals surface area contributed by atoms with Crippen LogP contribution in [-0.4, -0.2) is 62.8 Å². The average Bonchev–Trinajstić information content (AvgIpc) is 2.58. The van der Waals surface area contributed by atoms with E-state index in [1.165, 1.54) is 10.4 Å². The lowest BCUT2D eigenvalue weighted by Crippen LogP contribution is -2.51. The fourth-order valence-electron chi connectivity index (χ4n) is 2.61. The maximum absolute atomic E-state index is 12.7. The van der Waals surface area contributed by atoms with Crippen molar-refractivity contribution in [3.05, 3.63) is 28.2 Å². The second-order valence-corrected chi connectivity index (χ2v) is 8.63. The van der Waals surface area contributed by atoms with Crippen LogP contribution in [0.25, 0.3) is 0 Å². The van der Waals surface area contributed by atoms with Crippen LogP contribution in [0.3, 0.4) is 0 Å². The molecule has 1 saturated heterocycles. The summed E-state index contributed by atoms with van der Waals surface area (Å²) in [5.41, 5.74) is 0. The third kappa shape index (κ3) is 5.31. The monoisotopic (exact) mass is 407 g/mol. The number of hydrogen-bond donors (Lipinski definition) is 1. The zero-order chi connectivity index (χ0) is 18.4. The van der Waals surface area contributed by atoms with Crippen molar-refractivity contribution in [2.75, 3.05) is 39.3 Å². The maximum atomic E-state index is 12.7. The fourth-order valence-corrected chi connectivity index (χ4v) is 4.77. The molecule has 1 aliphatic rings. The first kappa shape index (κ1) is 20.5. The van der Waals surface area contributed by atoms with E-state index < -0.39 is 10.0 Å². The second-order valence-electron chi connectivity index (χ2n) is 5.94. The standard InChI is InChI=1S/C16H23Cl2N3O3S/c1-2-3-7-19-15(22)12-20-8-10-21(11-9-20)25(23,24)14-6-4-5-13(17)16(14)18/h4-6H,2-3,7-12H2,1H3,(H,19,22). The van der Waals surface area contributed by atoms with Crippen LogP contribution in [0.15, 0.2) is 23.1 Å². The summed E-state index contributed by atoms with van der Waals surface area (Å²) in [5.74, 6) is -0.0253. The summed E-state index contributed by atoms with van der Waals surface area (Å²) in [4.78, 5) is 13.8. The molecule has 1 amide bonds. The van der Waals surface area contributed by atoms with Gasteiger partial charge in [0.05, 0.1) is 16.6 Å². The van der Waals surface area contributed by atoms with Crippen LogP contribution >= 0.6 is 23.2 Å². The van der Waals surface area contributed by atoms with Gasteiger partial charge in [-0.1, -0.05) is 42.6 Å². The minimum Gasteiger partial charge on any atom is -0.355 e. The summed E-state index contributed by atoms with van der Waals surface area (Å²) in [6.45, 7) is 4.66. The molecule has 0 aromatic heterocycles. The number of hydrogen-bond acceptors (Lipinski definition) is 4. The maximum Gasteiger partial charge on any atom is 0.244 e. The van der Waals surface area contributed by atoms with Crippen LogP contribution < -0.4 is 5.32 Å². The van der Waals surface area contributed by atoms with Crippen molar-refractivity contribution in [2.45, 2.75) is 24.7 Å². The number of carbonyl (C=O) groups excluding carboxylic acids is 1. The molecule has 9 heteroatoms. The van der Waals surface area contributed by atoms with Crippen LogP contribution in [0.1, 0.15) is 19.8 Å². The summed E-state index contributed by atoms with van der Waals surface area (Å²) < 4.78 is 26.9. The fraction of sp³-hybridized carbons (Fsp3) is 0.562. The van der Waals surface area contributed by atoms with Gasteiger partial charge in [-0.2, -0.15) is 4.31 Å². The van der Waals surface area contributed by atoms with E-state index in [9.17, 15) is 13.2 Å². The number of rotatable bonds is 7. The highest BCUT2D eigenvalue weighted by Gasteiger charge is 2.31. The van der Waals surface area contributed by atoms with Crippen LogP contribution in [0, 0.1) is 0 Å². The molecule has 1 heterocycles. The van der Waals surface area contributed by atoms with Gasteiger partial charge in [-0.25, -0.2) is 8.42 Å². The van der Waals surface area contributed by atoms with Gasteiger partial charge in [-0.05, 0) is 18.6 Å². The van der Waals surface area contributed by atoms with Gasteiger partial charge in [0.25, 0.3) is 0 Å². The van der Waals surface area contributed by atoms with Crippen molar-refractivity contribution in [1.82, 2.24) is 14.5 Å². The van der Waals surface area contributed by atoms with Crippen LogP contribution in [0.4, 0.5) is 0 Å². The Morgan fingerprint density at radius 3 is 2.52 bits per heavy atom. The summed E-state index contributed by atoms with van der Waals surface area (Å²) in [7, 11) is -3.69. The number of amides is 1. The van der Waals surface area contributed by atoms with E-state index in [2.05, 4.69) is 12.2 Å². The van der Waals surface area contributed by atoms with E-state index in [-0.39, 0.29) is 27.4 Å². The minimum absolute atomic E-state index is 0.0208. The number of benzene rings is 1. The number of nitrogens with zero attached hydrogens (tertiary/aromatic N) is 2. The molecule has 25 heavy (non-hydrogen) atoms. The average molecular weight is 408 g/mol.